The Balaban J connectivity index is 1.63. The Morgan fingerprint density at radius 3 is 2.63 bits per heavy atom. The summed E-state index contributed by atoms with van der Waals surface area (Å²) in [6.45, 7) is 8.37. The molecule has 1 unspecified atom stereocenters. The molecule has 3 aromatic heterocycles. The first-order valence-corrected chi connectivity index (χ1v) is 10.5. The van der Waals surface area contributed by atoms with Gasteiger partial charge in [0.1, 0.15) is 5.69 Å². The van der Waals surface area contributed by atoms with Gasteiger partial charge >= 0.3 is 5.69 Å². The summed E-state index contributed by atoms with van der Waals surface area (Å²) >= 11 is 0. The third-order valence-corrected chi connectivity index (χ3v) is 5.80. The molecule has 30 heavy (non-hydrogen) atoms. The number of amides is 1. The predicted octanol–water partition coefficient (Wildman–Crippen LogP) is 2.53. The molecular formula is C22H30N6O2. The van der Waals surface area contributed by atoms with Crippen LogP contribution < -0.4 is 5.69 Å². The van der Waals surface area contributed by atoms with Crippen LogP contribution in [0.2, 0.25) is 0 Å². The van der Waals surface area contributed by atoms with Gasteiger partial charge in [-0.25, -0.2) is 9.78 Å². The number of aryl methyl sites for hydroxylation is 2. The number of aromatic nitrogens is 5. The zero-order valence-corrected chi connectivity index (χ0v) is 18.4. The van der Waals surface area contributed by atoms with Crippen molar-refractivity contribution in [3.8, 4) is 0 Å². The van der Waals surface area contributed by atoms with Crippen LogP contribution in [0.1, 0.15) is 55.7 Å². The van der Waals surface area contributed by atoms with E-state index in [0.29, 0.717) is 24.4 Å². The average molecular weight is 411 g/mol. The Bertz CT molecular complexity index is 1150. The molecule has 160 valence electrons. The SMILES string of the molecule is Cn1nccc1C(=O)N1CCCC(c2ccc3c(n2)n(C)c(=O)n3CC(C)(C)C)C1. The highest BCUT2D eigenvalue weighted by Crippen LogP contribution is 2.28. The molecule has 8 nitrogen and oxygen atoms in total. The highest BCUT2D eigenvalue weighted by atomic mass is 16.2. The Kier molecular flexibility index (Phi) is 5.03. The monoisotopic (exact) mass is 410 g/mol. The van der Waals surface area contributed by atoms with Gasteiger partial charge in [-0.1, -0.05) is 20.8 Å². The minimum Gasteiger partial charge on any atom is -0.337 e. The Hall–Kier alpha value is -2.90. The van der Waals surface area contributed by atoms with Crippen LogP contribution in [0.25, 0.3) is 11.2 Å². The molecule has 0 saturated carbocycles. The van der Waals surface area contributed by atoms with E-state index in [4.69, 9.17) is 4.98 Å². The van der Waals surface area contributed by atoms with Crippen molar-refractivity contribution in [2.24, 2.45) is 19.5 Å². The van der Waals surface area contributed by atoms with Crippen LogP contribution in [0, 0.1) is 5.41 Å². The number of hydrogen-bond donors (Lipinski definition) is 0. The fourth-order valence-electron chi connectivity index (χ4n) is 4.29. The number of carbonyl (C=O) groups is 1. The van der Waals surface area contributed by atoms with Crippen molar-refractivity contribution >= 4 is 17.1 Å². The third-order valence-electron chi connectivity index (χ3n) is 5.80. The number of pyridine rings is 1. The van der Waals surface area contributed by atoms with E-state index in [0.717, 1.165) is 30.6 Å². The van der Waals surface area contributed by atoms with Crippen molar-refractivity contribution in [2.75, 3.05) is 13.1 Å². The van der Waals surface area contributed by atoms with E-state index in [1.54, 1.807) is 35.6 Å². The van der Waals surface area contributed by atoms with Gasteiger partial charge in [-0.05, 0) is 36.5 Å². The van der Waals surface area contributed by atoms with E-state index in [9.17, 15) is 9.59 Å². The summed E-state index contributed by atoms with van der Waals surface area (Å²) in [5.41, 5.74) is 3.05. The average Bonchev–Trinajstić information content (AvgIpc) is 3.23. The Labute approximate surface area is 176 Å². The molecule has 1 aliphatic heterocycles. The maximum atomic E-state index is 12.9. The lowest BCUT2D eigenvalue weighted by atomic mass is 9.94. The molecule has 4 heterocycles. The normalized spacial score (nSPS) is 17.6. The summed E-state index contributed by atoms with van der Waals surface area (Å²) in [6, 6.07) is 5.78. The van der Waals surface area contributed by atoms with Crippen molar-refractivity contribution in [3.63, 3.8) is 0 Å². The van der Waals surface area contributed by atoms with Gasteiger partial charge in [0.2, 0.25) is 0 Å². The molecule has 1 saturated heterocycles. The second-order valence-corrected chi connectivity index (χ2v) is 9.50. The lowest BCUT2D eigenvalue weighted by molar-refractivity contribution is 0.0695. The van der Waals surface area contributed by atoms with Gasteiger partial charge in [-0.2, -0.15) is 5.10 Å². The highest BCUT2D eigenvalue weighted by Gasteiger charge is 2.28. The molecule has 0 bridgehead atoms. The van der Waals surface area contributed by atoms with Crippen molar-refractivity contribution in [1.29, 1.82) is 0 Å². The Morgan fingerprint density at radius 2 is 1.97 bits per heavy atom. The summed E-state index contributed by atoms with van der Waals surface area (Å²) in [5.74, 6) is 0.158. The van der Waals surface area contributed by atoms with Gasteiger partial charge in [0.15, 0.2) is 5.65 Å². The lowest BCUT2D eigenvalue weighted by Crippen LogP contribution is -2.40. The van der Waals surface area contributed by atoms with Crippen LogP contribution in [0.15, 0.2) is 29.2 Å². The van der Waals surface area contributed by atoms with Gasteiger partial charge in [-0.15, -0.1) is 0 Å². The number of carbonyl (C=O) groups excluding carboxylic acids is 1. The fourth-order valence-corrected chi connectivity index (χ4v) is 4.29. The topological polar surface area (TPSA) is 78.0 Å². The van der Waals surface area contributed by atoms with Crippen LogP contribution in [0.3, 0.4) is 0 Å². The summed E-state index contributed by atoms with van der Waals surface area (Å²) < 4.78 is 5.06. The standard InChI is InChI=1S/C22H30N6O2/c1-22(2,3)14-28-17-9-8-16(24-19(17)25(4)21(28)30)15-7-6-12-27(13-15)20(29)18-10-11-23-26(18)5/h8-11,15H,6-7,12-14H2,1-5H3. The molecule has 8 heteroatoms. The highest BCUT2D eigenvalue weighted by molar-refractivity contribution is 5.92. The molecule has 0 aliphatic carbocycles. The number of fused-ring (bicyclic) bond motifs is 1. The molecule has 0 spiro atoms. The first-order chi connectivity index (χ1) is 14.2. The molecular weight excluding hydrogens is 380 g/mol. The second kappa shape index (κ2) is 7.41. The molecule has 1 atom stereocenters. The van der Waals surface area contributed by atoms with Crippen LogP contribution in [-0.2, 0) is 20.6 Å². The minimum atomic E-state index is -0.0405. The summed E-state index contributed by atoms with van der Waals surface area (Å²) in [4.78, 5) is 32.4. The zero-order chi connectivity index (χ0) is 21.6. The van der Waals surface area contributed by atoms with Crippen LogP contribution in [0.5, 0.6) is 0 Å². The summed E-state index contributed by atoms with van der Waals surface area (Å²) in [5, 5.41) is 4.11. The van der Waals surface area contributed by atoms with Crippen LogP contribution in [-0.4, -0.2) is 47.8 Å². The first kappa shape index (κ1) is 20.4. The van der Waals surface area contributed by atoms with Crippen LogP contribution in [0.4, 0.5) is 0 Å². The van der Waals surface area contributed by atoms with Crippen molar-refractivity contribution in [2.45, 2.75) is 46.1 Å². The maximum Gasteiger partial charge on any atom is 0.330 e. The molecule has 3 aromatic rings. The summed E-state index contributed by atoms with van der Waals surface area (Å²) in [6.07, 6.45) is 3.55. The fraction of sp³-hybridized carbons (Fsp3) is 0.545. The maximum absolute atomic E-state index is 12.9. The largest absolute Gasteiger partial charge is 0.337 e. The minimum absolute atomic E-state index is 0.00417. The zero-order valence-electron chi connectivity index (χ0n) is 18.4. The number of piperidine rings is 1. The van der Waals surface area contributed by atoms with Crippen molar-refractivity contribution in [3.05, 3.63) is 46.3 Å². The van der Waals surface area contributed by atoms with E-state index in [-0.39, 0.29) is 22.9 Å². The van der Waals surface area contributed by atoms with E-state index >= 15 is 0 Å². The molecule has 1 amide bonds. The van der Waals surface area contributed by atoms with Gasteiger partial charge in [-0.3, -0.25) is 18.6 Å². The van der Waals surface area contributed by atoms with Gasteiger partial charge < -0.3 is 4.90 Å². The summed E-state index contributed by atoms with van der Waals surface area (Å²) in [7, 11) is 3.56. The van der Waals surface area contributed by atoms with E-state index in [1.165, 1.54) is 0 Å². The lowest BCUT2D eigenvalue weighted by Gasteiger charge is -2.32. The second-order valence-electron chi connectivity index (χ2n) is 9.50. The van der Waals surface area contributed by atoms with E-state index < -0.39 is 0 Å². The number of hydrogen-bond acceptors (Lipinski definition) is 4. The van der Waals surface area contributed by atoms with Gasteiger partial charge in [0.05, 0.1) is 5.52 Å². The van der Waals surface area contributed by atoms with Gasteiger partial charge in [0, 0.05) is 51.5 Å². The predicted molar refractivity (Wildman–Crippen MR) is 116 cm³/mol. The smallest absolute Gasteiger partial charge is 0.330 e. The molecule has 1 fully saturated rings. The number of rotatable bonds is 3. The number of likely N-dealkylation sites (tertiary alicyclic amines) is 1. The first-order valence-electron chi connectivity index (χ1n) is 10.5. The van der Waals surface area contributed by atoms with Gasteiger partial charge in [0.25, 0.3) is 5.91 Å². The molecule has 0 N–H and O–H groups in total. The number of nitrogens with zero attached hydrogens (tertiary/aromatic N) is 6. The third kappa shape index (κ3) is 3.66. The molecule has 0 radical (unpaired) electrons. The number of imidazole rings is 1. The van der Waals surface area contributed by atoms with E-state index in [2.05, 4.69) is 25.9 Å². The van der Waals surface area contributed by atoms with E-state index in [1.807, 2.05) is 21.6 Å². The van der Waals surface area contributed by atoms with Crippen molar-refractivity contribution < 1.29 is 4.79 Å². The Morgan fingerprint density at radius 1 is 1.20 bits per heavy atom. The molecule has 4 rings (SSSR count). The molecule has 1 aliphatic rings. The van der Waals surface area contributed by atoms with Crippen LogP contribution >= 0.6 is 0 Å². The quantitative estimate of drug-likeness (QED) is 0.665. The molecule has 0 aromatic carbocycles. The van der Waals surface area contributed by atoms with Crippen molar-refractivity contribution in [1.82, 2.24) is 28.8 Å².